The average Bonchev–Trinajstić information content (AvgIpc) is 2.54. The number of carbonyl (C=O) groups is 2. The summed E-state index contributed by atoms with van der Waals surface area (Å²) in [6.07, 6.45) is 0. The lowest BCUT2D eigenvalue weighted by molar-refractivity contribution is 0.0989. The zero-order chi connectivity index (χ0) is 17.3. The first-order valence-corrected chi connectivity index (χ1v) is 7.10. The van der Waals surface area contributed by atoms with Crippen molar-refractivity contribution in [3.63, 3.8) is 0 Å². The summed E-state index contributed by atoms with van der Waals surface area (Å²) in [5, 5.41) is 3.00. The molecule has 0 saturated carbocycles. The number of hydrogen-bond donors (Lipinski definition) is 1. The van der Waals surface area contributed by atoms with E-state index in [1.165, 1.54) is 25.1 Å². The number of anilines is 1. The summed E-state index contributed by atoms with van der Waals surface area (Å²) in [4.78, 5) is 35.5. The van der Waals surface area contributed by atoms with Crippen molar-refractivity contribution in [2.45, 2.75) is 6.92 Å². The Hall–Kier alpha value is -3.28. The van der Waals surface area contributed by atoms with Gasteiger partial charge in [-0.25, -0.2) is 9.18 Å². The molecule has 1 N–H and O–H groups in total. The first kappa shape index (κ1) is 15.6. The van der Waals surface area contributed by atoms with E-state index in [0.29, 0.717) is 11.3 Å². The molecule has 0 bridgehead atoms. The van der Waals surface area contributed by atoms with E-state index in [2.05, 4.69) is 5.32 Å². The van der Waals surface area contributed by atoms with Crippen LogP contribution >= 0.6 is 0 Å². The molecule has 2 aromatic carbocycles. The number of benzene rings is 2. The van der Waals surface area contributed by atoms with E-state index >= 15 is 0 Å². The third-order valence-corrected chi connectivity index (χ3v) is 3.47. The van der Waals surface area contributed by atoms with E-state index in [1.807, 2.05) is 0 Å². The third-order valence-electron chi connectivity index (χ3n) is 3.47. The molecule has 5 nitrogen and oxygen atoms in total. The maximum Gasteiger partial charge on any atom is 0.344 e. The zero-order valence-electron chi connectivity index (χ0n) is 12.6. The van der Waals surface area contributed by atoms with Crippen molar-refractivity contribution in [3.8, 4) is 0 Å². The number of hydrogen-bond acceptors (Lipinski definition) is 4. The molecule has 0 unspecified atom stereocenters. The van der Waals surface area contributed by atoms with E-state index in [0.717, 1.165) is 12.1 Å². The molecule has 1 amide bonds. The molecule has 24 heavy (non-hydrogen) atoms. The lowest BCUT2D eigenvalue weighted by atomic mass is 10.1. The molecule has 0 spiro atoms. The Bertz CT molecular complexity index is 1020. The van der Waals surface area contributed by atoms with Crippen molar-refractivity contribution in [2.24, 2.45) is 0 Å². The van der Waals surface area contributed by atoms with Gasteiger partial charge in [-0.1, -0.05) is 12.1 Å². The molecule has 3 aromatic rings. The fourth-order valence-electron chi connectivity index (χ4n) is 2.28. The molecule has 0 aliphatic carbocycles. The van der Waals surface area contributed by atoms with Crippen LogP contribution in [0.1, 0.15) is 27.8 Å². The van der Waals surface area contributed by atoms with E-state index in [4.69, 9.17) is 4.42 Å². The lowest BCUT2D eigenvalue weighted by Crippen LogP contribution is -2.15. The van der Waals surface area contributed by atoms with Crippen LogP contribution in [0.5, 0.6) is 0 Å². The molecular weight excluding hydrogens is 313 g/mol. The Kier molecular flexibility index (Phi) is 3.95. The molecule has 1 aromatic heterocycles. The van der Waals surface area contributed by atoms with Crippen molar-refractivity contribution >= 4 is 28.2 Å². The standard InChI is InChI=1S/C18H12FNO4/c1-10(21)11-3-2-4-14(8-11)20-17(22)16-9-12-7-13(19)5-6-15(12)18(23)24-16/h2-9H,1H3,(H,20,22). The molecule has 120 valence electrons. The van der Waals surface area contributed by atoms with Crippen LogP contribution in [-0.4, -0.2) is 11.7 Å². The number of Topliss-reactive ketones (excluding diaryl/α,β-unsaturated/α-hetero) is 1. The second kappa shape index (κ2) is 6.08. The zero-order valence-corrected chi connectivity index (χ0v) is 12.6. The second-order valence-corrected chi connectivity index (χ2v) is 5.22. The molecular formula is C18H12FNO4. The van der Waals surface area contributed by atoms with Gasteiger partial charge in [0.1, 0.15) is 5.82 Å². The van der Waals surface area contributed by atoms with Crippen LogP contribution in [0.4, 0.5) is 10.1 Å². The fourth-order valence-corrected chi connectivity index (χ4v) is 2.28. The van der Waals surface area contributed by atoms with E-state index in [9.17, 15) is 18.8 Å². The third kappa shape index (κ3) is 3.08. The molecule has 0 fully saturated rings. The molecule has 1 heterocycles. The minimum atomic E-state index is -0.727. The first-order valence-electron chi connectivity index (χ1n) is 7.10. The Morgan fingerprint density at radius 2 is 1.88 bits per heavy atom. The Morgan fingerprint density at radius 1 is 1.08 bits per heavy atom. The molecule has 0 radical (unpaired) electrons. The molecule has 0 saturated heterocycles. The van der Waals surface area contributed by atoms with E-state index < -0.39 is 17.3 Å². The quantitative estimate of drug-likeness (QED) is 0.749. The molecule has 6 heteroatoms. The van der Waals surface area contributed by atoms with Crippen LogP contribution < -0.4 is 10.9 Å². The second-order valence-electron chi connectivity index (χ2n) is 5.22. The van der Waals surface area contributed by atoms with Gasteiger partial charge in [-0.15, -0.1) is 0 Å². The Labute approximate surface area is 135 Å². The fraction of sp³-hybridized carbons (Fsp3) is 0.0556. The topological polar surface area (TPSA) is 76.4 Å². The summed E-state index contributed by atoms with van der Waals surface area (Å²) in [6.45, 7) is 1.41. The SMILES string of the molecule is CC(=O)c1cccc(NC(=O)c2cc3cc(F)ccc3c(=O)o2)c1. The maximum absolute atomic E-state index is 13.3. The predicted molar refractivity (Wildman–Crippen MR) is 86.8 cm³/mol. The average molecular weight is 325 g/mol. The molecule has 0 atom stereocenters. The van der Waals surface area contributed by atoms with Gasteiger partial charge in [0.2, 0.25) is 0 Å². The Balaban J connectivity index is 1.95. The van der Waals surface area contributed by atoms with Gasteiger partial charge < -0.3 is 9.73 Å². The number of ketones is 1. The van der Waals surface area contributed by atoms with Crippen LogP contribution in [0.2, 0.25) is 0 Å². The van der Waals surface area contributed by atoms with Gasteiger partial charge in [0.05, 0.1) is 5.39 Å². The smallest absolute Gasteiger partial charge is 0.344 e. The number of rotatable bonds is 3. The summed E-state index contributed by atoms with van der Waals surface area (Å²) in [7, 11) is 0. The Morgan fingerprint density at radius 3 is 2.62 bits per heavy atom. The van der Waals surface area contributed by atoms with Gasteiger partial charge in [-0.2, -0.15) is 0 Å². The molecule has 3 rings (SSSR count). The van der Waals surface area contributed by atoms with Gasteiger partial charge in [0.25, 0.3) is 5.91 Å². The summed E-state index contributed by atoms with van der Waals surface area (Å²) in [5.74, 6) is -1.57. The van der Waals surface area contributed by atoms with E-state index in [-0.39, 0.29) is 22.3 Å². The highest BCUT2D eigenvalue weighted by Gasteiger charge is 2.13. The van der Waals surface area contributed by atoms with Crippen molar-refractivity contribution in [2.75, 3.05) is 5.32 Å². The highest BCUT2D eigenvalue weighted by Crippen LogP contribution is 2.16. The van der Waals surface area contributed by atoms with Gasteiger partial charge in [0, 0.05) is 11.3 Å². The molecule has 0 aliphatic rings. The lowest BCUT2D eigenvalue weighted by Gasteiger charge is -2.06. The largest absolute Gasteiger partial charge is 0.417 e. The molecule has 0 aliphatic heterocycles. The number of halogens is 1. The van der Waals surface area contributed by atoms with Crippen LogP contribution in [0.3, 0.4) is 0 Å². The number of nitrogens with one attached hydrogen (secondary N) is 1. The van der Waals surface area contributed by atoms with Crippen LogP contribution in [0, 0.1) is 5.82 Å². The monoisotopic (exact) mass is 325 g/mol. The number of carbonyl (C=O) groups excluding carboxylic acids is 2. The normalized spacial score (nSPS) is 10.6. The van der Waals surface area contributed by atoms with Gasteiger partial charge in [-0.05, 0) is 48.7 Å². The van der Waals surface area contributed by atoms with Crippen LogP contribution in [-0.2, 0) is 0 Å². The van der Waals surface area contributed by atoms with Gasteiger partial charge >= 0.3 is 5.63 Å². The number of amides is 1. The van der Waals surface area contributed by atoms with E-state index in [1.54, 1.807) is 18.2 Å². The summed E-state index contributed by atoms with van der Waals surface area (Å²) < 4.78 is 18.3. The van der Waals surface area contributed by atoms with Crippen molar-refractivity contribution in [1.29, 1.82) is 0 Å². The van der Waals surface area contributed by atoms with Crippen molar-refractivity contribution in [1.82, 2.24) is 0 Å². The highest BCUT2D eigenvalue weighted by molar-refractivity contribution is 6.04. The van der Waals surface area contributed by atoms with Crippen molar-refractivity contribution in [3.05, 3.63) is 76.1 Å². The maximum atomic E-state index is 13.3. The van der Waals surface area contributed by atoms with Crippen LogP contribution in [0.25, 0.3) is 10.8 Å². The minimum absolute atomic E-state index is 0.140. The van der Waals surface area contributed by atoms with Crippen LogP contribution in [0.15, 0.2) is 57.7 Å². The van der Waals surface area contributed by atoms with Gasteiger partial charge in [0.15, 0.2) is 11.5 Å². The summed E-state index contributed by atoms with van der Waals surface area (Å²) in [5.41, 5.74) is 0.0969. The van der Waals surface area contributed by atoms with Gasteiger partial charge in [-0.3, -0.25) is 9.59 Å². The minimum Gasteiger partial charge on any atom is -0.417 e. The first-order chi connectivity index (χ1) is 11.4. The predicted octanol–water partition coefficient (Wildman–Crippen LogP) is 3.39. The van der Waals surface area contributed by atoms with Crippen molar-refractivity contribution < 1.29 is 18.4 Å². The number of fused-ring (bicyclic) bond motifs is 1. The highest BCUT2D eigenvalue weighted by atomic mass is 19.1. The summed E-state index contributed by atoms with van der Waals surface area (Å²) >= 11 is 0. The summed E-state index contributed by atoms with van der Waals surface area (Å²) in [6, 6.07) is 11.3.